The summed E-state index contributed by atoms with van der Waals surface area (Å²) in [5, 5.41) is 4.83. The van der Waals surface area contributed by atoms with E-state index < -0.39 is 15.9 Å². The van der Waals surface area contributed by atoms with Crippen molar-refractivity contribution in [3.8, 4) is 0 Å². The number of rotatable bonds is 5. The van der Waals surface area contributed by atoms with Crippen molar-refractivity contribution in [2.45, 2.75) is 10.9 Å². The molecule has 0 fully saturated rings. The summed E-state index contributed by atoms with van der Waals surface area (Å²) < 4.78 is 36.3. The van der Waals surface area contributed by atoms with Crippen LogP contribution in [0.15, 0.2) is 70.9 Å². The van der Waals surface area contributed by atoms with Gasteiger partial charge >= 0.3 is 0 Å². The monoisotopic (exact) mass is 389 g/mol. The van der Waals surface area contributed by atoms with Crippen LogP contribution in [0, 0.1) is 5.82 Å². The first kappa shape index (κ1) is 18.3. The van der Waals surface area contributed by atoms with Crippen LogP contribution < -0.4 is 5.32 Å². The number of nitrogens with one attached hydrogen (secondary N) is 1. The molecule has 3 aromatic rings. The molecule has 1 amide bonds. The minimum Gasteiger partial charge on any atom is -0.340 e. The second kappa shape index (κ2) is 7.39. The largest absolute Gasteiger partial charge is 0.340 e. The second-order valence-electron chi connectivity index (χ2n) is 5.77. The average Bonchev–Trinajstić information content (AvgIpc) is 3.14. The SMILES string of the molecule is CS(=O)(=O)c1ccc(C(=O)NC(c2ccc(F)cc2)c2cccs2)cc1. The van der Waals surface area contributed by atoms with Gasteiger partial charge in [0.1, 0.15) is 5.82 Å². The Kier molecular flexibility index (Phi) is 5.20. The van der Waals surface area contributed by atoms with Crippen molar-refractivity contribution in [2.75, 3.05) is 6.26 Å². The quantitative estimate of drug-likeness (QED) is 0.722. The van der Waals surface area contributed by atoms with E-state index in [2.05, 4.69) is 5.32 Å². The standard InChI is InChI=1S/C19H16FNO3S2/c1-26(23,24)16-10-6-14(7-11-16)19(22)21-18(17-3-2-12-25-17)13-4-8-15(20)9-5-13/h2-12,18H,1H3,(H,21,22). The Morgan fingerprint density at radius 3 is 2.23 bits per heavy atom. The van der Waals surface area contributed by atoms with Gasteiger partial charge in [0, 0.05) is 16.7 Å². The Morgan fingerprint density at radius 1 is 1.04 bits per heavy atom. The molecule has 1 heterocycles. The molecule has 0 spiro atoms. The first-order valence-corrected chi connectivity index (χ1v) is 10.5. The number of thiophene rings is 1. The maximum Gasteiger partial charge on any atom is 0.252 e. The average molecular weight is 389 g/mol. The van der Waals surface area contributed by atoms with Crippen LogP contribution in [0.25, 0.3) is 0 Å². The van der Waals surface area contributed by atoms with Gasteiger partial charge in [-0.25, -0.2) is 12.8 Å². The Balaban J connectivity index is 1.87. The van der Waals surface area contributed by atoms with E-state index in [-0.39, 0.29) is 16.6 Å². The van der Waals surface area contributed by atoms with Crippen LogP contribution >= 0.6 is 11.3 Å². The van der Waals surface area contributed by atoms with Gasteiger partial charge < -0.3 is 5.32 Å². The van der Waals surface area contributed by atoms with Gasteiger partial charge in [0.05, 0.1) is 10.9 Å². The summed E-state index contributed by atoms with van der Waals surface area (Å²) in [6.07, 6.45) is 1.11. The molecule has 0 aliphatic carbocycles. The first-order valence-electron chi connectivity index (χ1n) is 7.74. The molecule has 0 aliphatic rings. The number of sulfone groups is 1. The van der Waals surface area contributed by atoms with Gasteiger partial charge in [-0.3, -0.25) is 4.79 Å². The summed E-state index contributed by atoms with van der Waals surface area (Å²) in [6.45, 7) is 0. The van der Waals surface area contributed by atoms with E-state index in [0.717, 1.165) is 16.7 Å². The molecule has 7 heteroatoms. The van der Waals surface area contributed by atoms with Gasteiger partial charge in [-0.15, -0.1) is 11.3 Å². The highest BCUT2D eigenvalue weighted by atomic mass is 32.2. The lowest BCUT2D eigenvalue weighted by Crippen LogP contribution is -2.28. The Bertz CT molecular complexity index is 996. The molecular formula is C19H16FNO3S2. The summed E-state index contributed by atoms with van der Waals surface area (Å²) in [4.78, 5) is 13.7. The number of hydrogen-bond donors (Lipinski definition) is 1. The third-order valence-corrected chi connectivity index (χ3v) is 5.92. The summed E-state index contributed by atoms with van der Waals surface area (Å²) in [7, 11) is -3.32. The van der Waals surface area contributed by atoms with Gasteiger partial charge in [0.2, 0.25) is 0 Å². The fourth-order valence-electron chi connectivity index (χ4n) is 2.50. The molecule has 2 aromatic carbocycles. The molecule has 4 nitrogen and oxygen atoms in total. The zero-order valence-electron chi connectivity index (χ0n) is 13.8. The third-order valence-electron chi connectivity index (χ3n) is 3.85. The van der Waals surface area contributed by atoms with Crippen molar-refractivity contribution in [1.82, 2.24) is 5.32 Å². The molecular weight excluding hydrogens is 373 g/mol. The predicted octanol–water partition coefficient (Wildman–Crippen LogP) is 3.81. The molecule has 0 saturated heterocycles. The molecule has 26 heavy (non-hydrogen) atoms. The number of benzene rings is 2. The minimum atomic E-state index is -3.32. The molecule has 0 bridgehead atoms. The van der Waals surface area contributed by atoms with Crippen molar-refractivity contribution >= 4 is 27.1 Å². The van der Waals surface area contributed by atoms with Crippen LogP contribution in [-0.4, -0.2) is 20.6 Å². The van der Waals surface area contributed by atoms with E-state index in [1.807, 2.05) is 17.5 Å². The second-order valence-corrected chi connectivity index (χ2v) is 8.76. The third kappa shape index (κ3) is 4.17. The van der Waals surface area contributed by atoms with Gasteiger partial charge in [-0.05, 0) is 53.4 Å². The van der Waals surface area contributed by atoms with E-state index in [1.165, 1.54) is 47.7 Å². The van der Waals surface area contributed by atoms with Crippen molar-refractivity contribution in [3.05, 3.63) is 87.9 Å². The van der Waals surface area contributed by atoms with Crippen molar-refractivity contribution in [3.63, 3.8) is 0 Å². The van der Waals surface area contributed by atoms with Crippen molar-refractivity contribution in [2.24, 2.45) is 0 Å². The highest BCUT2D eigenvalue weighted by Crippen LogP contribution is 2.26. The van der Waals surface area contributed by atoms with Crippen molar-refractivity contribution < 1.29 is 17.6 Å². The van der Waals surface area contributed by atoms with Crippen LogP contribution in [-0.2, 0) is 9.84 Å². The topological polar surface area (TPSA) is 63.2 Å². The molecule has 1 atom stereocenters. The van der Waals surface area contributed by atoms with Gasteiger partial charge in [-0.1, -0.05) is 18.2 Å². The zero-order valence-corrected chi connectivity index (χ0v) is 15.5. The van der Waals surface area contributed by atoms with Gasteiger partial charge in [0.25, 0.3) is 5.91 Å². The fourth-order valence-corrected chi connectivity index (χ4v) is 3.93. The predicted molar refractivity (Wildman–Crippen MR) is 99.6 cm³/mol. The maximum atomic E-state index is 13.2. The van der Waals surface area contributed by atoms with Crippen LogP contribution in [0.1, 0.15) is 26.8 Å². The van der Waals surface area contributed by atoms with Crippen molar-refractivity contribution in [1.29, 1.82) is 0 Å². The minimum absolute atomic E-state index is 0.155. The van der Waals surface area contributed by atoms with E-state index in [4.69, 9.17) is 0 Å². The maximum absolute atomic E-state index is 13.2. The Hall–Kier alpha value is -2.51. The Morgan fingerprint density at radius 2 is 1.69 bits per heavy atom. The number of carbonyl (C=O) groups is 1. The van der Waals surface area contributed by atoms with Gasteiger partial charge in [0.15, 0.2) is 9.84 Å². The molecule has 1 N–H and O–H groups in total. The molecule has 1 unspecified atom stereocenters. The van der Waals surface area contributed by atoms with E-state index in [1.54, 1.807) is 12.1 Å². The van der Waals surface area contributed by atoms with Crippen LogP contribution in [0.3, 0.4) is 0 Å². The van der Waals surface area contributed by atoms with E-state index >= 15 is 0 Å². The summed E-state index contributed by atoms with van der Waals surface area (Å²) in [5.74, 6) is -0.686. The summed E-state index contributed by atoms with van der Waals surface area (Å²) in [5.41, 5.74) is 1.11. The van der Waals surface area contributed by atoms with Crippen LogP contribution in [0.2, 0.25) is 0 Å². The number of carbonyl (C=O) groups excluding carboxylic acids is 1. The highest BCUT2D eigenvalue weighted by molar-refractivity contribution is 7.90. The smallest absolute Gasteiger partial charge is 0.252 e. The molecule has 1 aromatic heterocycles. The molecule has 3 rings (SSSR count). The van der Waals surface area contributed by atoms with E-state index in [0.29, 0.717) is 5.56 Å². The fraction of sp³-hybridized carbons (Fsp3) is 0.105. The number of halogens is 1. The van der Waals surface area contributed by atoms with Crippen LogP contribution in [0.4, 0.5) is 4.39 Å². The molecule has 0 aliphatic heterocycles. The summed E-state index contributed by atoms with van der Waals surface area (Å²) in [6, 6.07) is 15.1. The van der Waals surface area contributed by atoms with E-state index in [9.17, 15) is 17.6 Å². The molecule has 0 saturated carbocycles. The molecule has 0 radical (unpaired) electrons. The zero-order chi connectivity index (χ0) is 18.7. The Labute approximate surface area is 155 Å². The number of hydrogen-bond acceptors (Lipinski definition) is 4. The lowest BCUT2D eigenvalue weighted by molar-refractivity contribution is 0.0943. The van der Waals surface area contributed by atoms with Gasteiger partial charge in [-0.2, -0.15) is 0 Å². The van der Waals surface area contributed by atoms with Crippen LogP contribution in [0.5, 0.6) is 0 Å². The summed E-state index contributed by atoms with van der Waals surface area (Å²) >= 11 is 1.49. The lowest BCUT2D eigenvalue weighted by Gasteiger charge is -2.18. The first-order chi connectivity index (χ1) is 12.3. The number of amides is 1. The molecule has 134 valence electrons. The highest BCUT2D eigenvalue weighted by Gasteiger charge is 2.19. The lowest BCUT2D eigenvalue weighted by atomic mass is 10.0. The normalized spacial score (nSPS) is 12.5.